The Morgan fingerprint density at radius 3 is 2.67 bits per heavy atom. The number of ether oxygens (including phenoxy) is 1. The highest BCUT2D eigenvalue weighted by Crippen LogP contribution is 2.35. The third-order valence-electron chi connectivity index (χ3n) is 3.35. The summed E-state index contributed by atoms with van der Waals surface area (Å²) in [6, 6.07) is 0. The van der Waals surface area contributed by atoms with Gasteiger partial charge in [-0.05, 0) is 30.6 Å². The third kappa shape index (κ3) is 3.78. The molecule has 88 valence electrons. The van der Waals surface area contributed by atoms with Crippen LogP contribution in [0.25, 0.3) is 0 Å². The summed E-state index contributed by atoms with van der Waals surface area (Å²) >= 11 is 3.14. The van der Waals surface area contributed by atoms with Gasteiger partial charge in [0.1, 0.15) is 11.4 Å². The molecule has 0 aliphatic heterocycles. The van der Waals surface area contributed by atoms with Crippen molar-refractivity contribution in [2.24, 2.45) is 17.8 Å². The smallest absolute Gasteiger partial charge is 0.316 e. The molecule has 0 saturated heterocycles. The van der Waals surface area contributed by atoms with Crippen molar-refractivity contribution in [3.8, 4) is 0 Å². The average Bonchev–Trinajstić information content (AvgIpc) is 2.17. The molecule has 15 heavy (non-hydrogen) atoms. The highest BCUT2D eigenvalue weighted by molar-refractivity contribution is 9.09. The molecule has 1 aliphatic rings. The zero-order valence-electron chi connectivity index (χ0n) is 9.83. The quantitative estimate of drug-likeness (QED) is 0.584. The molecule has 1 saturated carbocycles. The van der Waals surface area contributed by atoms with Crippen LogP contribution in [0.2, 0.25) is 0 Å². The molecule has 1 aliphatic carbocycles. The Hall–Kier alpha value is -0.0500. The lowest BCUT2D eigenvalue weighted by Gasteiger charge is -2.36. The molecule has 3 atom stereocenters. The summed E-state index contributed by atoms with van der Waals surface area (Å²) in [5.74, 6) is 1.71. The lowest BCUT2D eigenvalue weighted by Crippen LogP contribution is -2.36. The highest BCUT2D eigenvalue weighted by Gasteiger charge is 2.32. The Morgan fingerprint density at radius 1 is 1.47 bits per heavy atom. The standard InChI is InChI=1S/C12H21BrO2/c1-8(2)10-5-4-9(3)6-11(10)15-12(14)7-13/h8-11H,4-7H2,1-3H3/t9-,10?,11?/m1/s1. The summed E-state index contributed by atoms with van der Waals surface area (Å²) < 4.78 is 5.50. The van der Waals surface area contributed by atoms with E-state index < -0.39 is 0 Å². The van der Waals surface area contributed by atoms with Crippen LogP contribution < -0.4 is 0 Å². The maximum Gasteiger partial charge on any atom is 0.316 e. The number of rotatable bonds is 3. The molecule has 0 amide bonds. The van der Waals surface area contributed by atoms with Crippen LogP contribution in [0.4, 0.5) is 0 Å². The number of carbonyl (C=O) groups is 1. The minimum atomic E-state index is -0.125. The molecule has 0 spiro atoms. The summed E-state index contributed by atoms with van der Waals surface area (Å²) in [5, 5.41) is 0.308. The Labute approximate surface area is 101 Å². The maximum absolute atomic E-state index is 11.3. The Morgan fingerprint density at radius 2 is 2.13 bits per heavy atom. The molecule has 0 bridgehead atoms. The molecule has 1 fully saturated rings. The van der Waals surface area contributed by atoms with E-state index in [4.69, 9.17) is 4.74 Å². The summed E-state index contributed by atoms with van der Waals surface area (Å²) in [6.45, 7) is 6.68. The van der Waals surface area contributed by atoms with Crippen molar-refractivity contribution in [3.05, 3.63) is 0 Å². The first-order chi connectivity index (χ1) is 7.04. The molecular formula is C12H21BrO2. The number of halogens is 1. The monoisotopic (exact) mass is 276 g/mol. The lowest BCUT2D eigenvalue weighted by atomic mass is 9.75. The van der Waals surface area contributed by atoms with E-state index in [1.807, 2.05) is 0 Å². The van der Waals surface area contributed by atoms with Gasteiger partial charge in [0.15, 0.2) is 0 Å². The second-order valence-electron chi connectivity index (χ2n) is 4.99. The zero-order chi connectivity index (χ0) is 11.4. The van der Waals surface area contributed by atoms with E-state index in [0.29, 0.717) is 23.1 Å². The van der Waals surface area contributed by atoms with Gasteiger partial charge in [0.2, 0.25) is 0 Å². The topological polar surface area (TPSA) is 26.3 Å². The SMILES string of the molecule is CC(C)C1CC[C@@H](C)CC1OC(=O)CBr. The van der Waals surface area contributed by atoms with Gasteiger partial charge in [-0.3, -0.25) is 4.79 Å². The van der Waals surface area contributed by atoms with E-state index in [-0.39, 0.29) is 12.1 Å². The van der Waals surface area contributed by atoms with Crippen LogP contribution in [0.5, 0.6) is 0 Å². The third-order valence-corrected chi connectivity index (χ3v) is 3.81. The molecule has 0 N–H and O–H groups in total. The molecule has 0 aromatic carbocycles. The lowest BCUT2D eigenvalue weighted by molar-refractivity contribution is -0.152. The number of esters is 1. The van der Waals surface area contributed by atoms with Gasteiger partial charge in [-0.25, -0.2) is 0 Å². The normalized spacial score (nSPS) is 31.7. The molecule has 0 aromatic heterocycles. The Kier molecular flexibility index (Phi) is 5.10. The second-order valence-corrected chi connectivity index (χ2v) is 5.55. The molecule has 2 nitrogen and oxygen atoms in total. The second kappa shape index (κ2) is 5.88. The maximum atomic E-state index is 11.3. The first-order valence-corrected chi connectivity index (χ1v) is 6.92. The number of hydrogen-bond donors (Lipinski definition) is 0. The van der Waals surface area contributed by atoms with E-state index in [0.717, 1.165) is 6.42 Å². The van der Waals surface area contributed by atoms with Crippen molar-refractivity contribution in [2.75, 3.05) is 5.33 Å². The van der Waals surface area contributed by atoms with Crippen molar-refractivity contribution in [1.82, 2.24) is 0 Å². The minimum Gasteiger partial charge on any atom is -0.461 e. The fourth-order valence-electron chi connectivity index (χ4n) is 2.45. The van der Waals surface area contributed by atoms with Crippen LogP contribution in [-0.2, 0) is 9.53 Å². The summed E-state index contributed by atoms with van der Waals surface area (Å²) in [4.78, 5) is 11.3. The van der Waals surface area contributed by atoms with E-state index in [2.05, 4.69) is 36.7 Å². The predicted octanol–water partition coefficient (Wildman–Crippen LogP) is 3.39. The average molecular weight is 277 g/mol. The molecule has 0 heterocycles. The van der Waals surface area contributed by atoms with Crippen LogP contribution in [0.1, 0.15) is 40.0 Å². The van der Waals surface area contributed by atoms with Gasteiger partial charge in [0, 0.05) is 0 Å². The van der Waals surface area contributed by atoms with Crippen molar-refractivity contribution < 1.29 is 9.53 Å². The minimum absolute atomic E-state index is 0.125. The molecular weight excluding hydrogens is 256 g/mol. The van der Waals surface area contributed by atoms with Gasteiger partial charge >= 0.3 is 5.97 Å². The molecule has 0 aromatic rings. The van der Waals surface area contributed by atoms with Crippen LogP contribution in [0, 0.1) is 17.8 Å². The van der Waals surface area contributed by atoms with E-state index in [1.54, 1.807) is 0 Å². The Bertz CT molecular complexity index is 216. The van der Waals surface area contributed by atoms with Crippen molar-refractivity contribution in [3.63, 3.8) is 0 Å². The number of carbonyl (C=O) groups excluding carboxylic acids is 1. The predicted molar refractivity (Wildman–Crippen MR) is 65.0 cm³/mol. The first-order valence-electron chi connectivity index (χ1n) is 5.80. The van der Waals surface area contributed by atoms with E-state index >= 15 is 0 Å². The zero-order valence-corrected chi connectivity index (χ0v) is 11.4. The van der Waals surface area contributed by atoms with Gasteiger partial charge < -0.3 is 4.74 Å². The summed E-state index contributed by atoms with van der Waals surface area (Å²) in [5.41, 5.74) is 0. The van der Waals surface area contributed by atoms with Gasteiger partial charge in [-0.1, -0.05) is 43.1 Å². The van der Waals surface area contributed by atoms with Gasteiger partial charge in [0.25, 0.3) is 0 Å². The van der Waals surface area contributed by atoms with Crippen LogP contribution >= 0.6 is 15.9 Å². The fourth-order valence-corrected chi connectivity index (χ4v) is 2.58. The summed E-state index contributed by atoms with van der Waals surface area (Å²) in [6.07, 6.45) is 3.63. The largest absolute Gasteiger partial charge is 0.461 e. The fraction of sp³-hybridized carbons (Fsp3) is 0.917. The van der Waals surface area contributed by atoms with Crippen molar-refractivity contribution in [1.29, 1.82) is 0 Å². The highest BCUT2D eigenvalue weighted by atomic mass is 79.9. The first kappa shape index (κ1) is 13.0. The van der Waals surface area contributed by atoms with Crippen LogP contribution in [0.15, 0.2) is 0 Å². The number of hydrogen-bond acceptors (Lipinski definition) is 2. The van der Waals surface area contributed by atoms with Gasteiger partial charge in [-0.15, -0.1) is 0 Å². The van der Waals surface area contributed by atoms with E-state index in [1.165, 1.54) is 12.8 Å². The summed E-state index contributed by atoms with van der Waals surface area (Å²) in [7, 11) is 0. The molecule has 3 heteroatoms. The van der Waals surface area contributed by atoms with Crippen molar-refractivity contribution in [2.45, 2.75) is 46.1 Å². The molecule has 2 unspecified atom stereocenters. The van der Waals surface area contributed by atoms with Gasteiger partial charge in [-0.2, -0.15) is 0 Å². The van der Waals surface area contributed by atoms with Crippen LogP contribution in [0.3, 0.4) is 0 Å². The van der Waals surface area contributed by atoms with Crippen molar-refractivity contribution >= 4 is 21.9 Å². The van der Waals surface area contributed by atoms with Crippen LogP contribution in [-0.4, -0.2) is 17.4 Å². The van der Waals surface area contributed by atoms with E-state index in [9.17, 15) is 4.79 Å². The Balaban J connectivity index is 2.57. The molecule has 1 rings (SSSR count). The number of alkyl halides is 1. The molecule has 0 radical (unpaired) electrons. The van der Waals surface area contributed by atoms with Gasteiger partial charge in [0.05, 0.1) is 0 Å².